The maximum absolute atomic E-state index is 12.4. The number of rotatable bonds is 4. The van der Waals surface area contributed by atoms with Gasteiger partial charge in [0.1, 0.15) is 10.3 Å². The molecule has 20 heavy (non-hydrogen) atoms. The van der Waals surface area contributed by atoms with Crippen LogP contribution < -0.4 is 10.3 Å². The van der Waals surface area contributed by atoms with E-state index in [1.807, 2.05) is 18.2 Å². The van der Waals surface area contributed by atoms with Crippen LogP contribution in [0.5, 0.6) is 0 Å². The normalized spacial score (nSPS) is 11.6. The van der Waals surface area contributed by atoms with E-state index in [1.165, 1.54) is 4.68 Å². The minimum Gasteiger partial charge on any atom is -0.283 e. The maximum Gasteiger partial charge on any atom is 0.296 e. The smallest absolute Gasteiger partial charge is 0.283 e. The van der Waals surface area contributed by atoms with Crippen molar-refractivity contribution in [3.63, 3.8) is 0 Å². The summed E-state index contributed by atoms with van der Waals surface area (Å²) in [5.41, 5.74) is 0.882. The van der Waals surface area contributed by atoms with Gasteiger partial charge in [0.2, 0.25) is 10.0 Å². The van der Waals surface area contributed by atoms with Crippen LogP contribution in [0, 0.1) is 6.92 Å². The monoisotopic (exact) mass is 359 g/mol. The van der Waals surface area contributed by atoms with Crippen molar-refractivity contribution in [2.75, 3.05) is 9.38 Å². The molecular weight excluding hydrogens is 346 g/mol. The summed E-state index contributed by atoms with van der Waals surface area (Å²) < 4.78 is 28.3. The van der Waals surface area contributed by atoms with Gasteiger partial charge in [0, 0.05) is 7.05 Å². The fourth-order valence-corrected chi connectivity index (χ4v) is 2.81. The van der Waals surface area contributed by atoms with Crippen LogP contribution in [0.25, 0.3) is 5.69 Å². The molecule has 0 saturated heterocycles. The van der Waals surface area contributed by atoms with Gasteiger partial charge >= 0.3 is 0 Å². The first-order valence-electron chi connectivity index (χ1n) is 5.78. The summed E-state index contributed by atoms with van der Waals surface area (Å²) in [6, 6.07) is 9.03. The van der Waals surface area contributed by atoms with Crippen LogP contribution in [0.15, 0.2) is 35.1 Å². The molecule has 2 rings (SSSR count). The Bertz CT molecular complexity index is 778. The zero-order chi connectivity index (χ0) is 14.9. The molecule has 0 spiro atoms. The molecule has 0 aliphatic heterocycles. The zero-order valence-electron chi connectivity index (χ0n) is 11.0. The Hall–Kier alpha value is -1.54. The molecule has 2 aromatic rings. The molecule has 0 amide bonds. The molecule has 1 heterocycles. The van der Waals surface area contributed by atoms with Crippen molar-refractivity contribution in [3.8, 4) is 5.69 Å². The van der Waals surface area contributed by atoms with Crippen LogP contribution in [0.2, 0.25) is 0 Å². The number of nitrogens with one attached hydrogen (secondary N) is 1. The van der Waals surface area contributed by atoms with E-state index >= 15 is 0 Å². The van der Waals surface area contributed by atoms with E-state index in [2.05, 4.69) is 20.7 Å². The van der Waals surface area contributed by atoms with Crippen LogP contribution >= 0.6 is 15.9 Å². The number of para-hydroxylation sites is 1. The highest BCUT2D eigenvalue weighted by Gasteiger charge is 2.20. The van der Waals surface area contributed by atoms with E-state index in [0.717, 1.165) is 0 Å². The summed E-state index contributed by atoms with van der Waals surface area (Å²) in [6.45, 7) is 1.69. The number of aromatic nitrogens is 2. The molecule has 1 aromatic heterocycles. The molecule has 1 aromatic carbocycles. The van der Waals surface area contributed by atoms with Crippen LogP contribution in [0.1, 0.15) is 5.69 Å². The molecule has 108 valence electrons. The first-order valence-corrected chi connectivity index (χ1v) is 8.55. The van der Waals surface area contributed by atoms with Crippen molar-refractivity contribution in [1.82, 2.24) is 9.36 Å². The lowest BCUT2D eigenvalue weighted by Crippen LogP contribution is -2.23. The van der Waals surface area contributed by atoms with Gasteiger partial charge in [0.15, 0.2) is 0 Å². The van der Waals surface area contributed by atoms with Gasteiger partial charge in [-0.1, -0.05) is 34.1 Å². The number of sulfonamides is 1. The highest BCUT2D eigenvalue weighted by atomic mass is 79.9. The highest BCUT2D eigenvalue weighted by molar-refractivity contribution is 9.10. The van der Waals surface area contributed by atoms with Crippen molar-refractivity contribution in [1.29, 1.82) is 0 Å². The Morgan fingerprint density at radius 1 is 1.25 bits per heavy atom. The van der Waals surface area contributed by atoms with Gasteiger partial charge in [-0.2, -0.15) is 0 Å². The third kappa shape index (κ3) is 2.66. The third-order valence-electron chi connectivity index (χ3n) is 2.96. The predicted octanol–water partition coefficient (Wildman–Crippen LogP) is 1.58. The molecule has 0 fully saturated rings. The molecule has 0 aliphatic rings. The third-order valence-corrected chi connectivity index (χ3v) is 5.57. The first-order chi connectivity index (χ1) is 9.37. The van der Waals surface area contributed by atoms with Crippen LogP contribution in [0.3, 0.4) is 0 Å². The second-order valence-corrected chi connectivity index (χ2v) is 7.29. The number of benzene rings is 1. The Labute approximate surface area is 125 Å². The molecule has 0 saturated carbocycles. The van der Waals surface area contributed by atoms with Gasteiger partial charge in [-0.25, -0.2) is 13.1 Å². The average molecular weight is 360 g/mol. The number of hydrogen-bond donors (Lipinski definition) is 1. The van der Waals surface area contributed by atoms with Crippen LogP contribution in [-0.2, 0) is 17.1 Å². The largest absolute Gasteiger partial charge is 0.296 e. The maximum atomic E-state index is 12.4. The van der Waals surface area contributed by atoms with E-state index in [4.69, 9.17) is 0 Å². The summed E-state index contributed by atoms with van der Waals surface area (Å²) >= 11 is 2.88. The second kappa shape index (κ2) is 5.45. The number of anilines is 1. The quantitative estimate of drug-likeness (QED) is 0.842. The lowest BCUT2D eigenvalue weighted by atomic mass is 10.3. The van der Waals surface area contributed by atoms with Gasteiger partial charge in [-0.05, 0) is 19.1 Å². The molecule has 0 bridgehead atoms. The van der Waals surface area contributed by atoms with Crippen molar-refractivity contribution in [3.05, 3.63) is 46.4 Å². The zero-order valence-corrected chi connectivity index (χ0v) is 13.4. The topological polar surface area (TPSA) is 73.1 Å². The summed E-state index contributed by atoms with van der Waals surface area (Å²) in [6.07, 6.45) is 0. The molecule has 0 unspecified atom stereocenters. The molecular formula is C12H14BrN3O3S. The molecule has 1 N–H and O–H groups in total. The summed E-state index contributed by atoms with van der Waals surface area (Å²) in [5, 5.41) is 0. The predicted molar refractivity (Wildman–Crippen MR) is 82.1 cm³/mol. The lowest BCUT2D eigenvalue weighted by molar-refractivity contribution is 0.606. The second-order valence-electron chi connectivity index (χ2n) is 4.26. The Kier molecular flexibility index (Phi) is 4.05. The molecule has 0 radical (unpaired) electrons. The molecule has 6 nitrogen and oxygen atoms in total. The average Bonchev–Trinajstić information content (AvgIpc) is 2.64. The van der Waals surface area contributed by atoms with Crippen molar-refractivity contribution < 1.29 is 8.42 Å². The molecule has 8 heteroatoms. The van der Waals surface area contributed by atoms with E-state index in [1.54, 1.807) is 30.8 Å². The van der Waals surface area contributed by atoms with E-state index in [-0.39, 0.29) is 10.3 Å². The number of alkyl halides is 1. The van der Waals surface area contributed by atoms with E-state index in [9.17, 15) is 13.2 Å². The minimum absolute atomic E-state index is 0.0656. The Balaban J connectivity index is 2.62. The summed E-state index contributed by atoms with van der Waals surface area (Å²) in [5.74, 6) is 0. The molecule has 0 aliphatic carbocycles. The van der Waals surface area contributed by atoms with E-state index < -0.39 is 15.6 Å². The van der Waals surface area contributed by atoms with Gasteiger partial charge in [-0.15, -0.1) is 0 Å². The van der Waals surface area contributed by atoms with Crippen LogP contribution in [-0.4, -0.2) is 22.4 Å². The fraction of sp³-hybridized carbons (Fsp3) is 0.250. The lowest BCUT2D eigenvalue weighted by Gasteiger charge is -2.07. The number of nitrogens with zero attached hydrogens (tertiary/aromatic N) is 2. The van der Waals surface area contributed by atoms with Crippen molar-refractivity contribution in [2.45, 2.75) is 6.92 Å². The number of halogens is 1. The minimum atomic E-state index is -3.56. The van der Waals surface area contributed by atoms with Gasteiger partial charge in [0.25, 0.3) is 5.56 Å². The molecule has 0 atom stereocenters. The van der Waals surface area contributed by atoms with Gasteiger partial charge < -0.3 is 0 Å². The Morgan fingerprint density at radius 2 is 1.85 bits per heavy atom. The van der Waals surface area contributed by atoms with Crippen molar-refractivity contribution in [2.24, 2.45) is 7.05 Å². The van der Waals surface area contributed by atoms with Crippen LogP contribution in [0.4, 0.5) is 5.69 Å². The van der Waals surface area contributed by atoms with Gasteiger partial charge in [-0.3, -0.25) is 14.2 Å². The first kappa shape index (κ1) is 14.9. The standard InChI is InChI=1S/C12H14BrN3O3S/c1-9-11(14-20(18,19)8-13)12(17)16(15(9)2)10-6-4-3-5-7-10/h3-7,14H,8H2,1-2H3. The van der Waals surface area contributed by atoms with Crippen molar-refractivity contribution >= 4 is 31.6 Å². The van der Waals surface area contributed by atoms with E-state index in [0.29, 0.717) is 11.4 Å². The number of hydrogen-bond acceptors (Lipinski definition) is 3. The van der Waals surface area contributed by atoms with Gasteiger partial charge in [0.05, 0.1) is 11.4 Å². The SMILES string of the molecule is Cc1c(NS(=O)(=O)CBr)c(=O)n(-c2ccccc2)n1C. The summed E-state index contributed by atoms with van der Waals surface area (Å²) in [4.78, 5) is 12.4. The fourth-order valence-electron chi connectivity index (χ4n) is 1.87. The summed E-state index contributed by atoms with van der Waals surface area (Å²) in [7, 11) is -1.86. The Morgan fingerprint density at radius 3 is 2.40 bits per heavy atom. The highest BCUT2D eigenvalue weighted by Crippen LogP contribution is 2.15.